The summed E-state index contributed by atoms with van der Waals surface area (Å²) in [4.78, 5) is 6.29. The van der Waals surface area contributed by atoms with E-state index in [1.807, 2.05) is 20.0 Å². The Morgan fingerprint density at radius 2 is 2.12 bits per heavy atom. The number of nitrogens with zero attached hydrogens (tertiary/aromatic N) is 5. The molecule has 32 heavy (non-hydrogen) atoms. The number of hydrogen-bond acceptors (Lipinski definition) is 8. The van der Waals surface area contributed by atoms with E-state index >= 15 is 0 Å². The van der Waals surface area contributed by atoms with Crippen molar-refractivity contribution < 1.29 is 4.74 Å². The summed E-state index contributed by atoms with van der Waals surface area (Å²) in [6, 6.07) is 2.89. The van der Waals surface area contributed by atoms with Crippen LogP contribution in [0.4, 0.5) is 0 Å². The number of aromatic nitrogens is 4. The van der Waals surface area contributed by atoms with Crippen LogP contribution in [0.15, 0.2) is 16.7 Å². The van der Waals surface area contributed by atoms with Gasteiger partial charge in [0.2, 0.25) is 0 Å². The Labute approximate surface area is 192 Å². The average molecular weight is 452 g/mol. The number of methoxy groups -OCH3 is 1. The number of amidine groups is 1. The standard InChI is InChI=1S/C23H29N7OS/c1-13-10-26-19(14(2)22(13)31-3)11-30-27-18-9-15(7-8-25-16-5-4-6-16)17-12-32-29-23(24)21(28-30)20(17)18/h9-10,16,25H,4-8,11-12H2,1-3H3,(H2,24,29). The second-order valence-electron chi connectivity index (χ2n) is 8.62. The van der Waals surface area contributed by atoms with Crippen LogP contribution < -0.4 is 15.8 Å². The summed E-state index contributed by atoms with van der Waals surface area (Å²) in [5, 5.41) is 13.3. The first-order valence-corrected chi connectivity index (χ1v) is 12.1. The number of aryl methyl sites for hydroxylation is 1. The van der Waals surface area contributed by atoms with Crippen LogP contribution in [0.1, 0.15) is 52.9 Å². The Kier molecular flexibility index (Phi) is 5.77. The zero-order valence-corrected chi connectivity index (χ0v) is 19.6. The van der Waals surface area contributed by atoms with Crippen LogP contribution in [0.5, 0.6) is 5.75 Å². The molecule has 0 unspecified atom stereocenters. The third kappa shape index (κ3) is 3.84. The number of hydrogen-bond donors (Lipinski definition) is 2. The molecule has 2 aliphatic carbocycles. The van der Waals surface area contributed by atoms with Gasteiger partial charge in [-0.1, -0.05) is 6.42 Å². The Bertz CT molecular complexity index is 1150. The Balaban J connectivity index is 1.50. The highest BCUT2D eigenvalue weighted by atomic mass is 32.2. The van der Waals surface area contributed by atoms with E-state index in [2.05, 4.69) is 20.8 Å². The Morgan fingerprint density at radius 1 is 1.28 bits per heavy atom. The van der Waals surface area contributed by atoms with Gasteiger partial charge in [0, 0.05) is 34.7 Å². The number of nitrogens with one attached hydrogen (secondary N) is 1. The maximum atomic E-state index is 6.31. The van der Waals surface area contributed by atoms with Crippen molar-refractivity contribution in [1.82, 2.24) is 25.3 Å². The molecule has 8 nitrogen and oxygen atoms in total. The van der Waals surface area contributed by atoms with Crippen molar-refractivity contribution in [1.29, 1.82) is 0 Å². The molecule has 0 atom stereocenters. The predicted octanol–water partition coefficient (Wildman–Crippen LogP) is 3.00. The zero-order chi connectivity index (χ0) is 22.2. The minimum absolute atomic E-state index is 0.435. The fraction of sp³-hybridized carbons (Fsp3) is 0.478. The van der Waals surface area contributed by atoms with Gasteiger partial charge in [0.15, 0.2) is 5.84 Å². The molecule has 0 bridgehead atoms. The Hall–Kier alpha value is -2.65. The molecular formula is C23H29N7OS. The van der Waals surface area contributed by atoms with Gasteiger partial charge in [0.1, 0.15) is 18.0 Å². The molecule has 0 radical (unpaired) electrons. The van der Waals surface area contributed by atoms with Crippen LogP contribution in [0, 0.1) is 13.8 Å². The molecule has 1 saturated carbocycles. The maximum absolute atomic E-state index is 6.31. The number of rotatable bonds is 7. The van der Waals surface area contributed by atoms with Gasteiger partial charge in [-0.15, -0.1) is 0 Å². The summed E-state index contributed by atoms with van der Waals surface area (Å²) in [6.07, 6.45) is 6.73. The molecule has 9 heteroatoms. The number of nitrogens with two attached hydrogens (primary N) is 1. The molecule has 2 aliphatic heterocycles. The molecule has 168 valence electrons. The first kappa shape index (κ1) is 21.2. The quantitative estimate of drug-likeness (QED) is 0.532. The first-order valence-electron chi connectivity index (χ1n) is 11.1. The van der Waals surface area contributed by atoms with E-state index in [9.17, 15) is 0 Å². The molecule has 0 saturated heterocycles. The Morgan fingerprint density at radius 3 is 2.88 bits per heavy atom. The van der Waals surface area contributed by atoms with Gasteiger partial charge in [-0.05, 0) is 68.8 Å². The van der Waals surface area contributed by atoms with Crippen LogP contribution in [0.25, 0.3) is 11.3 Å². The number of pyridine rings is 1. The molecule has 1 fully saturated rings. The normalized spacial score (nSPS) is 16.0. The molecule has 1 aromatic heterocycles. The molecule has 0 aromatic carbocycles. The summed E-state index contributed by atoms with van der Waals surface area (Å²) >= 11 is 1.48. The van der Waals surface area contributed by atoms with Gasteiger partial charge in [-0.3, -0.25) is 4.98 Å². The summed E-state index contributed by atoms with van der Waals surface area (Å²) in [5.41, 5.74) is 14.4. The van der Waals surface area contributed by atoms with Crippen molar-refractivity contribution in [3.05, 3.63) is 45.9 Å². The lowest BCUT2D eigenvalue weighted by Gasteiger charge is -2.26. The van der Waals surface area contributed by atoms with Crippen LogP contribution in [-0.4, -0.2) is 45.5 Å². The molecule has 4 aliphatic rings. The van der Waals surface area contributed by atoms with E-state index in [-0.39, 0.29) is 0 Å². The molecule has 0 amide bonds. The van der Waals surface area contributed by atoms with Gasteiger partial charge in [0.05, 0.1) is 18.5 Å². The SMILES string of the molecule is COc1c(C)cnc(Cn2nc3cc(CCNC4CCC4)c4c-3c(n2)C(N)=NSC4)c1C. The van der Waals surface area contributed by atoms with Crippen molar-refractivity contribution in [2.45, 2.75) is 57.9 Å². The van der Waals surface area contributed by atoms with Gasteiger partial charge < -0.3 is 15.8 Å². The third-order valence-corrected chi connectivity index (χ3v) is 7.26. The minimum Gasteiger partial charge on any atom is -0.496 e. The second kappa shape index (κ2) is 8.71. The number of ether oxygens (including phenoxy) is 1. The lowest BCUT2D eigenvalue weighted by Crippen LogP contribution is -2.36. The van der Waals surface area contributed by atoms with Crippen molar-refractivity contribution in [3.8, 4) is 17.0 Å². The molecular weight excluding hydrogens is 422 g/mol. The van der Waals surface area contributed by atoms with Crippen molar-refractivity contribution in [2.75, 3.05) is 13.7 Å². The molecule has 3 N–H and O–H groups in total. The van der Waals surface area contributed by atoms with E-state index in [1.165, 1.54) is 42.3 Å². The summed E-state index contributed by atoms with van der Waals surface area (Å²) in [7, 11) is 1.68. The predicted molar refractivity (Wildman–Crippen MR) is 127 cm³/mol. The van der Waals surface area contributed by atoms with E-state index in [4.69, 9.17) is 20.7 Å². The van der Waals surface area contributed by atoms with Crippen molar-refractivity contribution >= 4 is 17.8 Å². The molecule has 0 spiro atoms. The maximum Gasteiger partial charge on any atom is 0.160 e. The van der Waals surface area contributed by atoms with Crippen LogP contribution in [0.2, 0.25) is 0 Å². The second-order valence-corrected chi connectivity index (χ2v) is 9.34. The van der Waals surface area contributed by atoms with Gasteiger partial charge in [0.25, 0.3) is 0 Å². The molecule has 1 aromatic rings. The fourth-order valence-electron chi connectivity index (χ4n) is 4.53. The highest BCUT2D eigenvalue weighted by Gasteiger charge is 2.27. The third-order valence-electron chi connectivity index (χ3n) is 6.52. The topological polar surface area (TPSA) is 103 Å². The van der Waals surface area contributed by atoms with Gasteiger partial charge in [-0.2, -0.15) is 19.4 Å². The van der Waals surface area contributed by atoms with Gasteiger partial charge in [-0.25, -0.2) is 0 Å². The van der Waals surface area contributed by atoms with Gasteiger partial charge >= 0.3 is 0 Å². The van der Waals surface area contributed by atoms with Crippen molar-refractivity contribution in [2.24, 2.45) is 10.1 Å². The van der Waals surface area contributed by atoms with E-state index < -0.39 is 0 Å². The van der Waals surface area contributed by atoms with Crippen molar-refractivity contribution in [3.63, 3.8) is 0 Å². The highest BCUT2D eigenvalue weighted by Crippen LogP contribution is 2.37. The monoisotopic (exact) mass is 451 g/mol. The van der Waals surface area contributed by atoms with Crippen LogP contribution >= 0.6 is 11.9 Å². The summed E-state index contributed by atoms with van der Waals surface area (Å²) in [6.45, 7) is 5.42. The zero-order valence-electron chi connectivity index (χ0n) is 18.8. The van der Waals surface area contributed by atoms with Crippen LogP contribution in [0.3, 0.4) is 0 Å². The average Bonchev–Trinajstić information content (AvgIpc) is 2.99. The smallest absolute Gasteiger partial charge is 0.160 e. The van der Waals surface area contributed by atoms with E-state index in [0.29, 0.717) is 24.1 Å². The summed E-state index contributed by atoms with van der Waals surface area (Å²) < 4.78 is 10.0. The fourth-order valence-corrected chi connectivity index (χ4v) is 5.28. The first-order chi connectivity index (χ1) is 15.5. The molecule has 3 heterocycles. The highest BCUT2D eigenvalue weighted by molar-refractivity contribution is 7.97. The van der Waals surface area contributed by atoms with E-state index in [1.54, 1.807) is 11.9 Å². The van der Waals surface area contributed by atoms with E-state index in [0.717, 1.165) is 52.5 Å². The summed E-state index contributed by atoms with van der Waals surface area (Å²) in [5.74, 6) is 2.09. The van der Waals surface area contributed by atoms with Crippen LogP contribution in [-0.2, 0) is 18.7 Å². The molecule has 5 rings (SSSR count). The lowest BCUT2D eigenvalue weighted by atomic mass is 9.93. The largest absolute Gasteiger partial charge is 0.496 e. The lowest BCUT2D eigenvalue weighted by molar-refractivity contribution is 0.342. The minimum atomic E-state index is 0.435.